The van der Waals surface area contributed by atoms with Gasteiger partial charge in [0.15, 0.2) is 0 Å². The van der Waals surface area contributed by atoms with Crippen molar-refractivity contribution in [2.45, 2.75) is 45.3 Å². The van der Waals surface area contributed by atoms with Crippen molar-refractivity contribution < 1.29 is 9.59 Å². The molecule has 2 aliphatic heterocycles. The summed E-state index contributed by atoms with van der Waals surface area (Å²) in [5, 5.41) is 4.38. The fourth-order valence-electron chi connectivity index (χ4n) is 3.97. The van der Waals surface area contributed by atoms with Crippen molar-refractivity contribution in [1.82, 2.24) is 19.6 Å². The Hall–Kier alpha value is -2.63. The number of nitrogens with zero attached hydrogens (tertiary/aromatic N) is 4. The van der Waals surface area contributed by atoms with E-state index in [9.17, 15) is 9.59 Å². The minimum Gasteiger partial charge on any atom is -0.341 e. The van der Waals surface area contributed by atoms with Crippen LogP contribution < -0.4 is 0 Å². The standard InChI is InChI=1S/C20H24N4O2/c1-15-5-2-3-6-18(15)20(26)23-14-17-8-10-21-24(17)12-9-16(23)13-22-11-4-7-19(22)25/h2-3,5-6,8,10,16H,4,7,9,11-14H2,1H3/t16-/m0/s1. The Morgan fingerprint density at radius 2 is 2.08 bits per heavy atom. The van der Waals surface area contributed by atoms with Crippen molar-refractivity contribution in [1.29, 1.82) is 0 Å². The number of amides is 2. The zero-order chi connectivity index (χ0) is 18.1. The summed E-state index contributed by atoms with van der Waals surface area (Å²) in [6, 6.07) is 9.69. The molecule has 3 heterocycles. The van der Waals surface area contributed by atoms with E-state index in [0.29, 0.717) is 19.5 Å². The van der Waals surface area contributed by atoms with E-state index >= 15 is 0 Å². The molecule has 2 aromatic rings. The van der Waals surface area contributed by atoms with Gasteiger partial charge in [0.05, 0.1) is 18.3 Å². The van der Waals surface area contributed by atoms with Gasteiger partial charge in [0.1, 0.15) is 0 Å². The molecule has 1 saturated heterocycles. The number of carbonyl (C=O) groups excluding carboxylic acids is 2. The van der Waals surface area contributed by atoms with Crippen LogP contribution in [-0.4, -0.2) is 50.5 Å². The highest BCUT2D eigenvalue weighted by Crippen LogP contribution is 2.23. The first-order chi connectivity index (χ1) is 12.6. The average molecular weight is 352 g/mol. The van der Waals surface area contributed by atoms with Crippen molar-refractivity contribution >= 4 is 11.8 Å². The normalized spacial score (nSPS) is 20.2. The fourth-order valence-corrected chi connectivity index (χ4v) is 3.97. The number of benzene rings is 1. The summed E-state index contributed by atoms with van der Waals surface area (Å²) >= 11 is 0. The van der Waals surface area contributed by atoms with Gasteiger partial charge in [-0.15, -0.1) is 0 Å². The van der Waals surface area contributed by atoms with Crippen molar-refractivity contribution in [2.75, 3.05) is 13.1 Å². The maximum absolute atomic E-state index is 13.4. The topological polar surface area (TPSA) is 58.4 Å². The number of aryl methyl sites for hydroxylation is 2. The van der Waals surface area contributed by atoms with Gasteiger partial charge in [-0.05, 0) is 37.5 Å². The molecular formula is C20H24N4O2. The van der Waals surface area contributed by atoms with Gasteiger partial charge in [0, 0.05) is 37.8 Å². The van der Waals surface area contributed by atoms with Gasteiger partial charge in [-0.1, -0.05) is 18.2 Å². The van der Waals surface area contributed by atoms with Crippen molar-refractivity contribution in [3.8, 4) is 0 Å². The Labute approximate surface area is 153 Å². The van der Waals surface area contributed by atoms with Crippen molar-refractivity contribution in [2.24, 2.45) is 0 Å². The molecule has 0 saturated carbocycles. The zero-order valence-corrected chi connectivity index (χ0v) is 15.1. The van der Waals surface area contributed by atoms with Gasteiger partial charge in [0.25, 0.3) is 5.91 Å². The Kier molecular flexibility index (Phi) is 4.49. The molecule has 0 aliphatic carbocycles. The van der Waals surface area contributed by atoms with Crippen LogP contribution in [0.4, 0.5) is 0 Å². The molecule has 26 heavy (non-hydrogen) atoms. The maximum Gasteiger partial charge on any atom is 0.254 e. The van der Waals surface area contributed by atoms with Gasteiger partial charge >= 0.3 is 0 Å². The summed E-state index contributed by atoms with van der Waals surface area (Å²) < 4.78 is 1.98. The zero-order valence-electron chi connectivity index (χ0n) is 15.1. The van der Waals surface area contributed by atoms with Crippen LogP contribution in [0.15, 0.2) is 36.5 Å². The van der Waals surface area contributed by atoms with E-state index in [0.717, 1.165) is 42.8 Å². The first kappa shape index (κ1) is 16.8. The summed E-state index contributed by atoms with van der Waals surface area (Å²) in [7, 11) is 0. The van der Waals surface area contributed by atoms with Crippen LogP contribution >= 0.6 is 0 Å². The van der Waals surface area contributed by atoms with E-state index in [-0.39, 0.29) is 17.9 Å². The second kappa shape index (κ2) is 6.94. The lowest BCUT2D eigenvalue weighted by Gasteiger charge is -2.33. The van der Waals surface area contributed by atoms with Crippen LogP contribution in [-0.2, 0) is 17.9 Å². The molecule has 1 atom stereocenters. The molecule has 2 aliphatic rings. The summed E-state index contributed by atoms with van der Waals surface area (Å²) in [5.74, 6) is 0.240. The van der Waals surface area contributed by atoms with E-state index in [2.05, 4.69) is 5.10 Å². The molecule has 6 nitrogen and oxygen atoms in total. The number of fused-ring (bicyclic) bond motifs is 1. The van der Waals surface area contributed by atoms with E-state index in [1.54, 1.807) is 6.20 Å². The Balaban J connectivity index is 1.64. The van der Waals surface area contributed by atoms with Crippen LogP contribution in [0.2, 0.25) is 0 Å². The minimum absolute atomic E-state index is 0.00542. The van der Waals surface area contributed by atoms with E-state index < -0.39 is 0 Å². The minimum atomic E-state index is 0.00542. The van der Waals surface area contributed by atoms with Crippen LogP contribution in [0.5, 0.6) is 0 Å². The molecule has 6 heteroatoms. The number of aromatic nitrogens is 2. The quantitative estimate of drug-likeness (QED) is 0.851. The second-order valence-electron chi connectivity index (χ2n) is 7.18. The first-order valence-electron chi connectivity index (χ1n) is 9.28. The van der Waals surface area contributed by atoms with Gasteiger partial charge in [-0.25, -0.2) is 0 Å². The highest BCUT2D eigenvalue weighted by atomic mass is 16.2. The molecule has 0 bridgehead atoms. The van der Waals surface area contributed by atoms with E-state index in [1.807, 2.05) is 51.7 Å². The van der Waals surface area contributed by atoms with Gasteiger partial charge in [-0.3, -0.25) is 14.3 Å². The molecule has 0 radical (unpaired) electrons. The summed E-state index contributed by atoms with van der Waals surface area (Å²) in [6.07, 6.45) is 4.13. The SMILES string of the molecule is Cc1ccccc1C(=O)N1Cc2ccnn2CC[C@H]1CN1CCCC1=O. The van der Waals surface area contributed by atoms with Crippen LogP contribution in [0, 0.1) is 6.92 Å². The van der Waals surface area contributed by atoms with E-state index in [4.69, 9.17) is 0 Å². The number of hydrogen-bond acceptors (Lipinski definition) is 3. The molecular weight excluding hydrogens is 328 g/mol. The monoisotopic (exact) mass is 352 g/mol. The molecule has 0 unspecified atom stereocenters. The molecule has 1 fully saturated rings. The highest BCUT2D eigenvalue weighted by molar-refractivity contribution is 5.95. The van der Waals surface area contributed by atoms with Gasteiger partial charge in [-0.2, -0.15) is 5.10 Å². The van der Waals surface area contributed by atoms with Crippen molar-refractivity contribution in [3.05, 3.63) is 53.3 Å². The first-order valence-corrected chi connectivity index (χ1v) is 9.28. The third kappa shape index (κ3) is 3.11. The second-order valence-corrected chi connectivity index (χ2v) is 7.18. The summed E-state index contributed by atoms with van der Waals surface area (Å²) in [4.78, 5) is 29.3. The van der Waals surface area contributed by atoms with Crippen molar-refractivity contribution in [3.63, 3.8) is 0 Å². The molecule has 136 valence electrons. The number of likely N-dealkylation sites (tertiary alicyclic amines) is 1. The van der Waals surface area contributed by atoms with Gasteiger partial charge in [0.2, 0.25) is 5.91 Å². The lowest BCUT2D eigenvalue weighted by molar-refractivity contribution is -0.128. The predicted molar refractivity (Wildman–Crippen MR) is 97.5 cm³/mol. The Bertz CT molecular complexity index is 829. The van der Waals surface area contributed by atoms with Crippen LogP contribution in [0.3, 0.4) is 0 Å². The third-order valence-corrected chi connectivity index (χ3v) is 5.49. The Morgan fingerprint density at radius 1 is 1.23 bits per heavy atom. The summed E-state index contributed by atoms with van der Waals surface area (Å²) in [6.45, 7) is 4.67. The highest BCUT2D eigenvalue weighted by Gasteiger charge is 2.32. The fraction of sp³-hybridized carbons (Fsp3) is 0.450. The number of carbonyl (C=O) groups is 2. The lowest BCUT2D eigenvalue weighted by atomic mass is 10.1. The average Bonchev–Trinajstić information content (AvgIpc) is 3.21. The molecule has 0 spiro atoms. The maximum atomic E-state index is 13.4. The molecule has 2 amide bonds. The molecule has 0 N–H and O–H groups in total. The van der Waals surface area contributed by atoms with Crippen LogP contribution in [0.25, 0.3) is 0 Å². The Morgan fingerprint density at radius 3 is 2.85 bits per heavy atom. The largest absolute Gasteiger partial charge is 0.341 e. The molecule has 1 aromatic heterocycles. The molecule has 4 rings (SSSR count). The third-order valence-electron chi connectivity index (χ3n) is 5.49. The molecule has 1 aromatic carbocycles. The number of rotatable bonds is 3. The van der Waals surface area contributed by atoms with E-state index in [1.165, 1.54) is 0 Å². The smallest absolute Gasteiger partial charge is 0.254 e. The van der Waals surface area contributed by atoms with Gasteiger partial charge < -0.3 is 9.80 Å². The van der Waals surface area contributed by atoms with Crippen LogP contribution in [0.1, 0.15) is 40.9 Å². The number of hydrogen-bond donors (Lipinski definition) is 0. The predicted octanol–water partition coefficient (Wildman–Crippen LogP) is 2.23. The summed E-state index contributed by atoms with van der Waals surface area (Å²) in [5.41, 5.74) is 2.76. The lowest BCUT2D eigenvalue weighted by Crippen LogP contribution is -2.46.